The maximum Gasteiger partial charge on any atom is 0.228 e. The van der Waals surface area contributed by atoms with E-state index in [0.29, 0.717) is 47.6 Å². The Labute approximate surface area is 243 Å². The van der Waals surface area contributed by atoms with Crippen molar-refractivity contribution in [3.8, 4) is 22.9 Å². The van der Waals surface area contributed by atoms with Crippen molar-refractivity contribution in [3.05, 3.63) is 87.9 Å². The van der Waals surface area contributed by atoms with Gasteiger partial charge < -0.3 is 15.4 Å². The summed E-state index contributed by atoms with van der Waals surface area (Å²) in [5.74, 6) is 2.04. The highest BCUT2D eigenvalue weighted by atomic mass is 32.1. The summed E-state index contributed by atoms with van der Waals surface area (Å²) in [4.78, 5) is 18.4. The predicted octanol–water partition coefficient (Wildman–Crippen LogP) is 6.89. The fourth-order valence-corrected chi connectivity index (χ4v) is 6.13. The molecule has 9 heteroatoms. The molecule has 0 radical (unpaired) electrons. The van der Waals surface area contributed by atoms with E-state index in [9.17, 15) is 0 Å². The molecule has 6 rings (SSSR count). The molecule has 4 heterocycles. The van der Waals surface area contributed by atoms with Crippen LogP contribution in [0.5, 0.6) is 11.6 Å². The van der Waals surface area contributed by atoms with Crippen molar-refractivity contribution in [2.75, 3.05) is 18.4 Å². The van der Waals surface area contributed by atoms with Crippen LogP contribution in [0.3, 0.4) is 0 Å². The normalized spacial score (nSPS) is 17.1. The summed E-state index contributed by atoms with van der Waals surface area (Å²) >= 11 is 1.61. The van der Waals surface area contributed by atoms with Gasteiger partial charge in [0.25, 0.3) is 0 Å². The first-order chi connectivity index (χ1) is 19.9. The highest BCUT2D eigenvalue weighted by Crippen LogP contribution is 2.38. The van der Waals surface area contributed by atoms with Gasteiger partial charge in [-0.05, 0) is 92.4 Å². The van der Waals surface area contributed by atoms with Crippen molar-refractivity contribution in [1.82, 2.24) is 25.3 Å². The lowest BCUT2D eigenvalue weighted by Gasteiger charge is -2.28. The SMILES string of the molecule is Cc1nc(CCc2c(F)ccc3c(Oc4ncccc4-c4ccnc(N[C@@H]5CNC[C@H](C)C5)n4)c(C)ccc23)cs1. The third-order valence-corrected chi connectivity index (χ3v) is 8.33. The molecule has 3 aromatic heterocycles. The largest absolute Gasteiger partial charge is 0.437 e. The molecule has 1 aliphatic heterocycles. The van der Waals surface area contributed by atoms with Crippen LogP contribution >= 0.6 is 11.3 Å². The average molecular weight is 569 g/mol. The number of pyridine rings is 1. The molecule has 1 fully saturated rings. The lowest BCUT2D eigenvalue weighted by molar-refractivity contribution is 0.377. The summed E-state index contributed by atoms with van der Waals surface area (Å²) in [6, 6.07) is 13.2. The van der Waals surface area contributed by atoms with E-state index in [0.717, 1.165) is 52.1 Å². The number of halogens is 1. The molecule has 2 N–H and O–H groups in total. The van der Waals surface area contributed by atoms with Gasteiger partial charge in [0.1, 0.15) is 11.6 Å². The third kappa shape index (κ3) is 6.06. The van der Waals surface area contributed by atoms with Gasteiger partial charge in [-0.25, -0.2) is 24.3 Å². The second-order valence-electron chi connectivity index (χ2n) is 10.8. The number of thiazole rings is 1. The van der Waals surface area contributed by atoms with Crippen LogP contribution in [-0.4, -0.2) is 39.1 Å². The van der Waals surface area contributed by atoms with E-state index in [1.165, 1.54) is 6.07 Å². The number of ether oxygens (including phenoxy) is 1. The van der Waals surface area contributed by atoms with E-state index < -0.39 is 0 Å². The Kier molecular flexibility index (Phi) is 7.89. The highest BCUT2D eigenvalue weighted by Gasteiger charge is 2.20. The molecule has 1 saturated heterocycles. The molecule has 210 valence electrons. The first-order valence-corrected chi connectivity index (χ1v) is 14.9. The number of aromatic nitrogens is 4. The van der Waals surface area contributed by atoms with E-state index >= 15 is 4.39 Å². The van der Waals surface area contributed by atoms with E-state index in [2.05, 4.69) is 32.5 Å². The second kappa shape index (κ2) is 11.9. The topological polar surface area (TPSA) is 84.9 Å². The van der Waals surface area contributed by atoms with Crippen molar-refractivity contribution in [1.29, 1.82) is 0 Å². The number of hydrogen-bond acceptors (Lipinski definition) is 8. The van der Waals surface area contributed by atoms with Crippen molar-refractivity contribution in [3.63, 3.8) is 0 Å². The summed E-state index contributed by atoms with van der Waals surface area (Å²) in [5.41, 5.74) is 4.05. The van der Waals surface area contributed by atoms with Gasteiger partial charge in [-0.1, -0.05) is 19.1 Å². The Bertz CT molecular complexity index is 1690. The average Bonchev–Trinajstić information content (AvgIpc) is 3.39. The lowest BCUT2D eigenvalue weighted by atomic mass is 9.97. The summed E-state index contributed by atoms with van der Waals surface area (Å²) in [6.07, 6.45) is 5.75. The molecule has 0 unspecified atom stereocenters. The Morgan fingerprint density at radius 3 is 2.71 bits per heavy atom. The fraction of sp³-hybridized carbons (Fsp3) is 0.312. The molecule has 2 aromatic carbocycles. The maximum absolute atomic E-state index is 15.1. The number of nitrogens with one attached hydrogen (secondary N) is 2. The van der Waals surface area contributed by atoms with E-state index in [1.54, 1.807) is 29.8 Å². The molecule has 0 saturated carbocycles. The Balaban J connectivity index is 1.31. The van der Waals surface area contributed by atoms with Crippen LogP contribution in [0.4, 0.5) is 10.3 Å². The van der Waals surface area contributed by atoms with Crippen molar-refractivity contribution >= 4 is 28.1 Å². The first kappa shape index (κ1) is 27.2. The van der Waals surface area contributed by atoms with Crippen LogP contribution in [-0.2, 0) is 12.8 Å². The van der Waals surface area contributed by atoms with Gasteiger partial charge in [0.15, 0.2) is 0 Å². The van der Waals surface area contributed by atoms with Crippen LogP contribution in [0, 0.1) is 25.6 Å². The smallest absolute Gasteiger partial charge is 0.228 e. The number of nitrogens with zero attached hydrogens (tertiary/aromatic N) is 4. The Morgan fingerprint density at radius 2 is 1.88 bits per heavy atom. The number of anilines is 1. The van der Waals surface area contributed by atoms with Gasteiger partial charge in [0, 0.05) is 35.7 Å². The zero-order valence-corrected chi connectivity index (χ0v) is 24.3. The van der Waals surface area contributed by atoms with Crippen molar-refractivity contribution in [2.24, 2.45) is 5.92 Å². The zero-order chi connectivity index (χ0) is 28.3. The number of benzene rings is 2. The molecule has 2 atom stereocenters. The number of fused-ring (bicyclic) bond motifs is 1. The Hall–Kier alpha value is -3.95. The molecule has 0 spiro atoms. The number of piperidine rings is 1. The van der Waals surface area contributed by atoms with Crippen LogP contribution in [0.2, 0.25) is 0 Å². The molecule has 5 aromatic rings. The molecule has 0 amide bonds. The van der Waals surface area contributed by atoms with E-state index in [-0.39, 0.29) is 11.9 Å². The molecule has 7 nitrogen and oxygen atoms in total. The fourth-order valence-electron chi connectivity index (χ4n) is 5.48. The molecule has 0 bridgehead atoms. The minimum atomic E-state index is -0.221. The zero-order valence-electron chi connectivity index (χ0n) is 23.4. The molecule has 41 heavy (non-hydrogen) atoms. The van der Waals surface area contributed by atoms with Gasteiger partial charge in [0.2, 0.25) is 11.8 Å². The third-order valence-electron chi connectivity index (χ3n) is 7.51. The van der Waals surface area contributed by atoms with Gasteiger partial charge >= 0.3 is 0 Å². The maximum atomic E-state index is 15.1. The minimum Gasteiger partial charge on any atom is -0.437 e. The van der Waals surface area contributed by atoms with E-state index in [4.69, 9.17) is 9.72 Å². The number of hydrogen-bond donors (Lipinski definition) is 2. The predicted molar refractivity (Wildman–Crippen MR) is 162 cm³/mol. The highest BCUT2D eigenvalue weighted by molar-refractivity contribution is 7.09. The second-order valence-corrected chi connectivity index (χ2v) is 11.8. The molecular weight excluding hydrogens is 535 g/mol. The minimum absolute atomic E-state index is 0.221. The molecular formula is C32H33FN6OS. The Morgan fingerprint density at radius 1 is 1.00 bits per heavy atom. The lowest BCUT2D eigenvalue weighted by Crippen LogP contribution is -2.42. The van der Waals surface area contributed by atoms with Crippen LogP contribution < -0.4 is 15.4 Å². The van der Waals surface area contributed by atoms with Crippen molar-refractivity contribution < 1.29 is 9.13 Å². The van der Waals surface area contributed by atoms with Crippen molar-refractivity contribution in [2.45, 2.75) is 46.1 Å². The van der Waals surface area contributed by atoms with Gasteiger partial charge in [-0.3, -0.25) is 0 Å². The molecule has 1 aliphatic rings. The quantitative estimate of drug-likeness (QED) is 0.211. The van der Waals surface area contributed by atoms with E-state index in [1.807, 2.05) is 49.6 Å². The summed E-state index contributed by atoms with van der Waals surface area (Å²) < 4.78 is 21.6. The summed E-state index contributed by atoms with van der Waals surface area (Å²) in [7, 11) is 0. The van der Waals surface area contributed by atoms with Crippen LogP contribution in [0.15, 0.2) is 60.2 Å². The van der Waals surface area contributed by atoms with Crippen LogP contribution in [0.25, 0.3) is 22.0 Å². The monoisotopic (exact) mass is 568 g/mol. The van der Waals surface area contributed by atoms with Gasteiger partial charge in [-0.15, -0.1) is 11.3 Å². The van der Waals surface area contributed by atoms with Gasteiger partial charge in [0.05, 0.1) is 22.0 Å². The number of rotatable bonds is 8. The summed E-state index contributed by atoms with van der Waals surface area (Å²) in [6.45, 7) is 8.13. The summed E-state index contributed by atoms with van der Waals surface area (Å²) in [5, 5.41) is 11.7. The standard InChI is InChI=1S/C32H33FN6OS/c1-19-15-23(17-34-16-19)38-32-36-14-12-29(39-32)27-5-4-13-35-31(27)40-30-20(2)6-8-24-25(28(33)11-10-26(24)30)9-7-22-18-41-21(3)37-22/h4-6,8,10-14,18-19,23,34H,7,9,15-17H2,1-3H3,(H,36,38,39)/t19-,23+/m1/s1. The van der Waals surface area contributed by atoms with Gasteiger partial charge in [-0.2, -0.15) is 0 Å². The first-order valence-electron chi connectivity index (χ1n) is 14.0. The molecule has 0 aliphatic carbocycles. The van der Waals surface area contributed by atoms with Crippen LogP contribution in [0.1, 0.15) is 35.2 Å². The number of aryl methyl sites for hydroxylation is 4.